The summed E-state index contributed by atoms with van der Waals surface area (Å²) in [6.45, 7) is 5.83. The number of ether oxygens (including phenoxy) is 1. The highest BCUT2D eigenvalue weighted by Gasteiger charge is 2.19. The van der Waals surface area contributed by atoms with Gasteiger partial charge in [0, 0.05) is 24.2 Å². The number of H-pyrrole nitrogens is 1. The second-order valence-electron chi connectivity index (χ2n) is 7.06. The minimum atomic E-state index is -0.248. The molecule has 140 valence electrons. The standard InChI is InChI=1S/C22H24FN3O/c1-2-3-10-26-13-17-6-9-21(11-18(17)14-26)27-15-19-12-24-25-22(19)16-4-7-20(23)8-5-16/h4-9,11-12H,2-3,10,13-15H2,1H3,(H,24,25). The van der Waals surface area contributed by atoms with Gasteiger partial charge in [-0.3, -0.25) is 10.00 Å². The first-order valence-electron chi connectivity index (χ1n) is 9.48. The molecular weight excluding hydrogens is 341 g/mol. The summed E-state index contributed by atoms with van der Waals surface area (Å²) in [5.41, 5.74) is 5.46. The number of rotatable bonds is 7. The number of nitrogens with zero attached hydrogens (tertiary/aromatic N) is 2. The topological polar surface area (TPSA) is 41.1 Å². The number of benzene rings is 2. The van der Waals surface area contributed by atoms with Gasteiger partial charge in [-0.15, -0.1) is 0 Å². The van der Waals surface area contributed by atoms with Gasteiger partial charge in [0.25, 0.3) is 0 Å². The smallest absolute Gasteiger partial charge is 0.123 e. The van der Waals surface area contributed by atoms with Crippen LogP contribution in [0.5, 0.6) is 5.75 Å². The molecule has 0 bridgehead atoms. The predicted octanol–water partition coefficient (Wildman–Crippen LogP) is 4.91. The molecule has 2 heterocycles. The molecule has 0 atom stereocenters. The lowest BCUT2D eigenvalue weighted by molar-refractivity contribution is 0.279. The number of unbranched alkanes of at least 4 members (excludes halogenated alkanes) is 1. The van der Waals surface area contributed by atoms with Crippen molar-refractivity contribution < 1.29 is 9.13 Å². The van der Waals surface area contributed by atoms with Gasteiger partial charge >= 0.3 is 0 Å². The van der Waals surface area contributed by atoms with E-state index in [0.29, 0.717) is 6.61 Å². The molecule has 0 saturated carbocycles. The average molecular weight is 365 g/mol. The summed E-state index contributed by atoms with van der Waals surface area (Å²) >= 11 is 0. The first-order valence-corrected chi connectivity index (χ1v) is 9.48. The summed E-state index contributed by atoms with van der Waals surface area (Å²) in [4.78, 5) is 2.49. The van der Waals surface area contributed by atoms with Gasteiger partial charge in [0.2, 0.25) is 0 Å². The van der Waals surface area contributed by atoms with Gasteiger partial charge in [-0.2, -0.15) is 5.10 Å². The lowest BCUT2D eigenvalue weighted by Crippen LogP contribution is -2.17. The molecule has 3 aromatic rings. The molecule has 0 radical (unpaired) electrons. The van der Waals surface area contributed by atoms with E-state index in [9.17, 15) is 4.39 Å². The van der Waals surface area contributed by atoms with Crippen molar-refractivity contribution in [3.05, 3.63) is 71.2 Å². The Hall–Kier alpha value is -2.66. The van der Waals surface area contributed by atoms with Gasteiger partial charge in [0.1, 0.15) is 18.2 Å². The third-order valence-corrected chi connectivity index (χ3v) is 5.04. The number of nitrogens with one attached hydrogen (secondary N) is 1. The van der Waals surface area contributed by atoms with Gasteiger partial charge in [-0.05, 0) is 60.5 Å². The monoisotopic (exact) mass is 365 g/mol. The largest absolute Gasteiger partial charge is 0.489 e. The molecule has 27 heavy (non-hydrogen) atoms. The van der Waals surface area contributed by atoms with Crippen molar-refractivity contribution in [2.45, 2.75) is 39.5 Å². The Kier molecular flexibility index (Phi) is 5.21. The molecule has 5 heteroatoms. The first kappa shape index (κ1) is 17.7. The van der Waals surface area contributed by atoms with E-state index in [1.807, 2.05) is 6.07 Å². The van der Waals surface area contributed by atoms with Crippen LogP contribution in [0.2, 0.25) is 0 Å². The predicted molar refractivity (Wildman–Crippen MR) is 104 cm³/mol. The third kappa shape index (κ3) is 4.03. The summed E-state index contributed by atoms with van der Waals surface area (Å²) in [5.74, 6) is 0.625. The van der Waals surface area contributed by atoms with E-state index >= 15 is 0 Å². The Labute approximate surface area is 159 Å². The Bertz CT molecular complexity index is 904. The second kappa shape index (κ2) is 7.92. The highest BCUT2D eigenvalue weighted by molar-refractivity contribution is 5.62. The highest BCUT2D eigenvalue weighted by atomic mass is 19.1. The molecule has 1 N–H and O–H groups in total. The van der Waals surface area contributed by atoms with Gasteiger partial charge in [-0.1, -0.05) is 19.4 Å². The van der Waals surface area contributed by atoms with Crippen LogP contribution in [-0.4, -0.2) is 21.6 Å². The fraction of sp³-hybridized carbons (Fsp3) is 0.318. The molecule has 0 amide bonds. The lowest BCUT2D eigenvalue weighted by Gasteiger charge is -2.13. The molecule has 0 aliphatic carbocycles. The lowest BCUT2D eigenvalue weighted by atomic mass is 10.1. The fourth-order valence-electron chi connectivity index (χ4n) is 3.52. The maximum atomic E-state index is 13.1. The number of aromatic nitrogens is 2. The van der Waals surface area contributed by atoms with Crippen molar-refractivity contribution >= 4 is 0 Å². The SMILES string of the molecule is CCCCN1Cc2ccc(OCc3cn[nH]c3-c3ccc(F)cc3)cc2C1. The minimum Gasteiger partial charge on any atom is -0.489 e. The van der Waals surface area contributed by atoms with Crippen molar-refractivity contribution in [3.63, 3.8) is 0 Å². The van der Waals surface area contributed by atoms with Crippen LogP contribution in [0.25, 0.3) is 11.3 Å². The maximum absolute atomic E-state index is 13.1. The average Bonchev–Trinajstić information content (AvgIpc) is 3.31. The highest BCUT2D eigenvalue weighted by Crippen LogP contribution is 2.28. The molecule has 4 rings (SSSR count). The number of halogens is 1. The molecule has 0 fully saturated rings. The second-order valence-corrected chi connectivity index (χ2v) is 7.06. The zero-order chi connectivity index (χ0) is 18.6. The fourth-order valence-corrected chi connectivity index (χ4v) is 3.52. The zero-order valence-electron chi connectivity index (χ0n) is 15.5. The molecule has 1 aromatic heterocycles. The van der Waals surface area contributed by atoms with Crippen molar-refractivity contribution in [1.82, 2.24) is 15.1 Å². The van der Waals surface area contributed by atoms with Crippen molar-refractivity contribution in [2.24, 2.45) is 0 Å². The van der Waals surface area contributed by atoms with Crippen LogP contribution in [0.1, 0.15) is 36.5 Å². The van der Waals surface area contributed by atoms with E-state index in [-0.39, 0.29) is 5.82 Å². The van der Waals surface area contributed by atoms with E-state index in [2.05, 4.69) is 34.2 Å². The summed E-state index contributed by atoms with van der Waals surface area (Å²) in [7, 11) is 0. The van der Waals surface area contributed by atoms with Gasteiger partial charge < -0.3 is 4.74 Å². The number of aromatic amines is 1. The quantitative estimate of drug-likeness (QED) is 0.647. The molecule has 0 saturated heterocycles. The maximum Gasteiger partial charge on any atom is 0.123 e. The number of fused-ring (bicyclic) bond motifs is 1. The summed E-state index contributed by atoms with van der Waals surface area (Å²) in [5, 5.41) is 7.11. The van der Waals surface area contributed by atoms with Crippen LogP contribution in [0.4, 0.5) is 4.39 Å². The summed E-state index contributed by atoms with van der Waals surface area (Å²) in [6, 6.07) is 12.8. The van der Waals surface area contributed by atoms with E-state index < -0.39 is 0 Å². The molecule has 1 aliphatic heterocycles. The van der Waals surface area contributed by atoms with E-state index in [1.54, 1.807) is 18.3 Å². The molecule has 4 nitrogen and oxygen atoms in total. The molecule has 0 unspecified atom stereocenters. The minimum absolute atomic E-state index is 0.248. The van der Waals surface area contributed by atoms with Crippen LogP contribution in [0.3, 0.4) is 0 Å². The van der Waals surface area contributed by atoms with Crippen molar-refractivity contribution in [3.8, 4) is 17.0 Å². The number of hydrogen-bond acceptors (Lipinski definition) is 3. The van der Waals surface area contributed by atoms with Crippen LogP contribution >= 0.6 is 0 Å². The summed E-state index contributed by atoms with van der Waals surface area (Å²) < 4.78 is 19.2. The number of hydrogen-bond donors (Lipinski definition) is 1. The van der Waals surface area contributed by atoms with E-state index in [0.717, 1.165) is 42.2 Å². The van der Waals surface area contributed by atoms with E-state index in [1.165, 1.54) is 36.1 Å². The van der Waals surface area contributed by atoms with Crippen molar-refractivity contribution in [2.75, 3.05) is 6.54 Å². The van der Waals surface area contributed by atoms with Gasteiger partial charge in [-0.25, -0.2) is 4.39 Å². The van der Waals surface area contributed by atoms with Crippen LogP contribution in [0.15, 0.2) is 48.7 Å². The van der Waals surface area contributed by atoms with Gasteiger partial charge in [0.15, 0.2) is 0 Å². The van der Waals surface area contributed by atoms with Crippen LogP contribution in [0, 0.1) is 5.82 Å². The molecule has 1 aliphatic rings. The van der Waals surface area contributed by atoms with Crippen LogP contribution < -0.4 is 4.74 Å². The summed E-state index contributed by atoms with van der Waals surface area (Å²) in [6.07, 6.45) is 4.23. The molecule has 2 aromatic carbocycles. The Morgan fingerprint density at radius 2 is 1.93 bits per heavy atom. The Balaban J connectivity index is 1.42. The Morgan fingerprint density at radius 1 is 1.11 bits per heavy atom. The van der Waals surface area contributed by atoms with E-state index in [4.69, 9.17) is 4.74 Å². The Morgan fingerprint density at radius 3 is 2.74 bits per heavy atom. The molecular formula is C22H24FN3O. The zero-order valence-corrected chi connectivity index (χ0v) is 15.5. The normalized spacial score (nSPS) is 13.7. The molecule has 0 spiro atoms. The first-order chi connectivity index (χ1) is 13.2. The third-order valence-electron chi connectivity index (χ3n) is 5.04. The van der Waals surface area contributed by atoms with Gasteiger partial charge in [0.05, 0.1) is 11.9 Å². The van der Waals surface area contributed by atoms with Crippen molar-refractivity contribution in [1.29, 1.82) is 0 Å². The van der Waals surface area contributed by atoms with Crippen LogP contribution in [-0.2, 0) is 19.7 Å².